The van der Waals surface area contributed by atoms with Gasteiger partial charge in [0, 0.05) is 31.8 Å². The van der Waals surface area contributed by atoms with Crippen molar-refractivity contribution in [2.24, 2.45) is 5.92 Å². The van der Waals surface area contributed by atoms with Crippen molar-refractivity contribution in [1.82, 2.24) is 4.90 Å². The normalized spacial score (nSPS) is 37.3. The summed E-state index contributed by atoms with van der Waals surface area (Å²) in [5, 5.41) is 0. The van der Waals surface area contributed by atoms with Crippen molar-refractivity contribution in [3.8, 4) is 0 Å². The van der Waals surface area contributed by atoms with Gasteiger partial charge in [-0.1, -0.05) is 6.92 Å². The zero-order valence-electron chi connectivity index (χ0n) is 9.54. The van der Waals surface area contributed by atoms with E-state index in [4.69, 9.17) is 4.74 Å². The lowest BCUT2D eigenvalue weighted by Gasteiger charge is -2.43. The molecule has 0 radical (unpaired) electrons. The quantitative estimate of drug-likeness (QED) is 0.639. The van der Waals surface area contributed by atoms with Crippen molar-refractivity contribution in [2.75, 3.05) is 19.8 Å². The van der Waals surface area contributed by atoms with E-state index in [-0.39, 0.29) is 0 Å². The predicted molar refractivity (Wildman–Crippen MR) is 58.4 cm³/mol. The molecule has 2 saturated heterocycles. The lowest BCUT2D eigenvalue weighted by atomic mass is 9.92. The summed E-state index contributed by atoms with van der Waals surface area (Å²) in [5.74, 6) is 0.897. The van der Waals surface area contributed by atoms with Crippen LogP contribution in [0.3, 0.4) is 0 Å². The van der Waals surface area contributed by atoms with Gasteiger partial charge in [-0.25, -0.2) is 0 Å². The van der Waals surface area contributed by atoms with Crippen LogP contribution in [0.4, 0.5) is 0 Å². The monoisotopic (exact) mass is 197 g/mol. The molecule has 2 nitrogen and oxygen atoms in total. The van der Waals surface area contributed by atoms with E-state index in [0.29, 0.717) is 0 Å². The second-order valence-electron chi connectivity index (χ2n) is 5.07. The molecule has 0 bridgehead atoms. The molecule has 2 aliphatic heterocycles. The Balaban J connectivity index is 1.92. The number of hydrogen-bond donors (Lipinski definition) is 0. The lowest BCUT2D eigenvalue weighted by Crippen LogP contribution is -2.49. The van der Waals surface area contributed by atoms with Gasteiger partial charge in [0.05, 0.1) is 0 Å². The molecule has 2 atom stereocenters. The Morgan fingerprint density at radius 1 is 1.00 bits per heavy atom. The molecule has 0 aromatic carbocycles. The first-order valence-electron chi connectivity index (χ1n) is 6.11. The molecule has 0 amide bonds. The van der Waals surface area contributed by atoms with Crippen molar-refractivity contribution >= 4 is 0 Å². The van der Waals surface area contributed by atoms with Crippen molar-refractivity contribution in [3.05, 3.63) is 0 Å². The van der Waals surface area contributed by atoms with E-state index in [1.165, 1.54) is 32.2 Å². The first-order chi connectivity index (χ1) is 6.77. The van der Waals surface area contributed by atoms with Crippen molar-refractivity contribution in [3.63, 3.8) is 0 Å². The van der Waals surface area contributed by atoms with Gasteiger partial charge in [-0.3, -0.25) is 4.90 Å². The third-order valence-corrected chi connectivity index (χ3v) is 3.83. The predicted octanol–water partition coefficient (Wildman–Crippen LogP) is 2.29. The summed E-state index contributed by atoms with van der Waals surface area (Å²) >= 11 is 0. The molecule has 2 rings (SSSR count). The Kier molecular flexibility index (Phi) is 3.45. The third kappa shape index (κ3) is 2.29. The van der Waals surface area contributed by atoms with Gasteiger partial charge in [0.25, 0.3) is 0 Å². The molecule has 0 unspecified atom stereocenters. The molecule has 2 aliphatic rings. The number of rotatable bonds is 1. The van der Waals surface area contributed by atoms with E-state index in [9.17, 15) is 0 Å². The van der Waals surface area contributed by atoms with Crippen LogP contribution in [-0.2, 0) is 4.74 Å². The second-order valence-corrected chi connectivity index (χ2v) is 5.07. The molecule has 0 aliphatic carbocycles. The molecule has 82 valence electrons. The van der Waals surface area contributed by atoms with Crippen LogP contribution in [0, 0.1) is 5.92 Å². The highest BCUT2D eigenvalue weighted by Crippen LogP contribution is 2.26. The fourth-order valence-electron chi connectivity index (χ4n) is 2.85. The van der Waals surface area contributed by atoms with E-state index >= 15 is 0 Å². The van der Waals surface area contributed by atoms with Crippen molar-refractivity contribution < 1.29 is 4.74 Å². The zero-order chi connectivity index (χ0) is 9.97. The maximum atomic E-state index is 5.43. The Morgan fingerprint density at radius 3 is 2.43 bits per heavy atom. The minimum Gasteiger partial charge on any atom is -0.381 e. The number of ether oxygens (including phenoxy) is 1. The van der Waals surface area contributed by atoms with E-state index in [0.717, 1.165) is 31.2 Å². The number of likely N-dealkylation sites (tertiary alicyclic amines) is 1. The number of hydrogen-bond acceptors (Lipinski definition) is 2. The van der Waals surface area contributed by atoms with Gasteiger partial charge >= 0.3 is 0 Å². The molecule has 2 fully saturated rings. The van der Waals surface area contributed by atoms with Crippen LogP contribution in [0.1, 0.15) is 39.5 Å². The second kappa shape index (κ2) is 4.63. The Hall–Kier alpha value is -0.0800. The molecule has 14 heavy (non-hydrogen) atoms. The Labute approximate surface area is 87.6 Å². The highest BCUT2D eigenvalue weighted by atomic mass is 16.5. The van der Waals surface area contributed by atoms with Crippen LogP contribution in [0.25, 0.3) is 0 Å². The fraction of sp³-hybridized carbons (Fsp3) is 1.00. The summed E-state index contributed by atoms with van der Waals surface area (Å²) in [6.45, 7) is 8.04. The van der Waals surface area contributed by atoms with Crippen LogP contribution < -0.4 is 0 Å². The zero-order valence-corrected chi connectivity index (χ0v) is 9.54. The molecule has 0 spiro atoms. The molecular formula is C12H23NO. The van der Waals surface area contributed by atoms with Gasteiger partial charge in [-0.2, -0.15) is 0 Å². The first kappa shape index (κ1) is 10.4. The fourth-order valence-corrected chi connectivity index (χ4v) is 2.85. The first-order valence-corrected chi connectivity index (χ1v) is 6.11. The van der Waals surface area contributed by atoms with Gasteiger partial charge in [0.1, 0.15) is 0 Å². The van der Waals surface area contributed by atoms with Crippen LogP contribution in [0.5, 0.6) is 0 Å². The highest BCUT2D eigenvalue weighted by molar-refractivity contribution is 4.84. The smallest absolute Gasteiger partial charge is 0.0480 e. The molecule has 2 heteroatoms. The van der Waals surface area contributed by atoms with E-state index in [1.807, 2.05) is 0 Å². The van der Waals surface area contributed by atoms with Crippen LogP contribution in [-0.4, -0.2) is 36.7 Å². The average Bonchev–Trinajstić information content (AvgIpc) is 2.23. The summed E-state index contributed by atoms with van der Waals surface area (Å²) in [5.41, 5.74) is 0. The molecule has 0 aromatic rings. The number of piperidine rings is 1. The van der Waals surface area contributed by atoms with E-state index < -0.39 is 0 Å². The van der Waals surface area contributed by atoms with Crippen molar-refractivity contribution in [2.45, 2.75) is 51.6 Å². The number of nitrogens with zero attached hydrogens (tertiary/aromatic N) is 1. The summed E-state index contributed by atoms with van der Waals surface area (Å²) in [6, 6.07) is 1.61. The highest BCUT2D eigenvalue weighted by Gasteiger charge is 2.29. The maximum Gasteiger partial charge on any atom is 0.0480 e. The molecule has 0 N–H and O–H groups in total. The van der Waals surface area contributed by atoms with Crippen molar-refractivity contribution in [1.29, 1.82) is 0 Å². The van der Waals surface area contributed by atoms with Gasteiger partial charge < -0.3 is 4.74 Å². The van der Waals surface area contributed by atoms with Crippen LogP contribution in [0.15, 0.2) is 0 Å². The Morgan fingerprint density at radius 2 is 1.71 bits per heavy atom. The van der Waals surface area contributed by atoms with Crippen LogP contribution >= 0.6 is 0 Å². The SMILES string of the molecule is C[C@@H]1CC[C@@H](C)N(C2CCOCC2)C1. The summed E-state index contributed by atoms with van der Waals surface area (Å²) in [6.07, 6.45) is 5.30. The third-order valence-electron chi connectivity index (χ3n) is 3.83. The lowest BCUT2D eigenvalue weighted by molar-refractivity contribution is -0.00134. The van der Waals surface area contributed by atoms with Gasteiger partial charge in [-0.05, 0) is 38.5 Å². The molecule has 0 saturated carbocycles. The van der Waals surface area contributed by atoms with Gasteiger partial charge in [-0.15, -0.1) is 0 Å². The van der Waals surface area contributed by atoms with Crippen LogP contribution in [0.2, 0.25) is 0 Å². The van der Waals surface area contributed by atoms with E-state index in [1.54, 1.807) is 0 Å². The Bertz CT molecular complexity index is 177. The minimum absolute atomic E-state index is 0.800. The molecule has 2 heterocycles. The molecular weight excluding hydrogens is 174 g/mol. The largest absolute Gasteiger partial charge is 0.381 e. The maximum absolute atomic E-state index is 5.43. The molecule has 0 aromatic heterocycles. The summed E-state index contributed by atoms with van der Waals surface area (Å²) < 4.78 is 5.43. The standard InChI is InChI=1S/C12H23NO/c1-10-3-4-11(2)13(9-10)12-5-7-14-8-6-12/h10-12H,3-9H2,1-2H3/t10-,11-/m1/s1. The average molecular weight is 197 g/mol. The minimum atomic E-state index is 0.800. The summed E-state index contributed by atoms with van der Waals surface area (Å²) in [4.78, 5) is 2.73. The van der Waals surface area contributed by atoms with Gasteiger partial charge in [0.2, 0.25) is 0 Å². The van der Waals surface area contributed by atoms with Gasteiger partial charge in [0.15, 0.2) is 0 Å². The van der Waals surface area contributed by atoms with E-state index in [2.05, 4.69) is 18.7 Å². The topological polar surface area (TPSA) is 12.5 Å². The summed E-state index contributed by atoms with van der Waals surface area (Å²) in [7, 11) is 0.